The van der Waals surface area contributed by atoms with Crippen molar-refractivity contribution in [3.63, 3.8) is 0 Å². The molecule has 0 aliphatic heterocycles. The Hall–Kier alpha value is -0.0800. The van der Waals surface area contributed by atoms with Crippen LogP contribution in [0.25, 0.3) is 0 Å². The molecule has 0 heterocycles. The molecule has 3 N–H and O–H groups in total. The molecule has 23 heavy (non-hydrogen) atoms. The maximum atomic E-state index is 10.4. The zero-order valence-corrected chi connectivity index (χ0v) is 17.0. The molecule has 6 heteroatoms. The van der Waals surface area contributed by atoms with Crippen LogP contribution in [0.4, 0.5) is 0 Å². The van der Waals surface area contributed by atoms with E-state index in [1.165, 1.54) is 19.3 Å². The zero-order chi connectivity index (χ0) is 15.9. The Bertz CT molecular complexity index is 367. The van der Waals surface area contributed by atoms with E-state index in [0.29, 0.717) is 12.0 Å². The topological polar surface area (TPSA) is 65.9 Å². The van der Waals surface area contributed by atoms with Crippen LogP contribution in [0.5, 0.6) is 0 Å². The Kier molecular flexibility index (Phi) is 9.15. The smallest absolute Gasteiger partial charge is 0.191 e. The molecule has 0 radical (unpaired) electrons. The minimum absolute atomic E-state index is 0. The summed E-state index contributed by atoms with van der Waals surface area (Å²) in [6.45, 7) is 5.19. The second kappa shape index (κ2) is 10.0. The fraction of sp³-hybridized carbons (Fsp3) is 0.941. The van der Waals surface area contributed by atoms with Gasteiger partial charge < -0.3 is 20.5 Å². The van der Waals surface area contributed by atoms with Crippen molar-refractivity contribution in [1.29, 1.82) is 0 Å². The van der Waals surface area contributed by atoms with Crippen LogP contribution in [0.2, 0.25) is 0 Å². The maximum Gasteiger partial charge on any atom is 0.191 e. The number of halogens is 1. The normalized spacial score (nSPS) is 22.1. The highest BCUT2D eigenvalue weighted by atomic mass is 127. The van der Waals surface area contributed by atoms with Crippen molar-refractivity contribution in [2.45, 2.75) is 63.9 Å². The molecule has 2 rings (SSSR count). The molecule has 0 atom stereocenters. The Labute approximate surface area is 158 Å². The molecule has 0 aromatic carbocycles. The number of hydrogen-bond acceptors (Lipinski definition) is 3. The van der Waals surface area contributed by atoms with Gasteiger partial charge in [0.15, 0.2) is 5.96 Å². The van der Waals surface area contributed by atoms with Crippen LogP contribution in [0, 0.1) is 5.41 Å². The second-order valence-electron chi connectivity index (χ2n) is 7.08. The van der Waals surface area contributed by atoms with E-state index >= 15 is 0 Å². The molecular weight excluding hydrogens is 405 g/mol. The van der Waals surface area contributed by atoms with Gasteiger partial charge in [-0.15, -0.1) is 24.0 Å². The standard InChI is InChI=1S/C17H33N3O2.HI/c1-3-18-15(20-14-17(21)9-4-5-10-17)19-13-16(7-6-8-16)11-12-22-2;/h21H,3-14H2,1-2H3,(H2,18,19,20);1H. The van der Waals surface area contributed by atoms with Crippen LogP contribution in [0.15, 0.2) is 4.99 Å². The van der Waals surface area contributed by atoms with Crippen molar-refractivity contribution in [3.05, 3.63) is 0 Å². The Balaban J connectivity index is 0.00000264. The third-order valence-corrected chi connectivity index (χ3v) is 5.29. The van der Waals surface area contributed by atoms with Gasteiger partial charge >= 0.3 is 0 Å². The van der Waals surface area contributed by atoms with Gasteiger partial charge in [0.05, 0.1) is 5.60 Å². The van der Waals surface area contributed by atoms with Crippen molar-refractivity contribution in [1.82, 2.24) is 10.6 Å². The van der Waals surface area contributed by atoms with Gasteiger partial charge in [-0.1, -0.05) is 19.3 Å². The van der Waals surface area contributed by atoms with Gasteiger partial charge in [0.25, 0.3) is 0 Å². The lowest BCUT2D eigenvalue weighted by molar-refractivity contribution is 0.0520. The van der Waals surface area contributed by atoms with Crippen LogP contribution in [0.3, 0.4) is 0 Å². The molecule has 2 aliphatic rings. The van der Waals surface area contributed by atoms with Gasteiger partial charge in [-0.05, 0) is 44.4 Å². The lowest BCUT2D eigenvalue weighted by Crippen LogP contribution is -2.46. The first-order chi connectivity index (χ1) is 10.6. The van der Waals surface area contributed by atoms with Crippen molar-refractivity contribution in [2.24, 2.45) is 10.4 Å². The molecule has 0 spiro atoms. The Morgan fingerprint density at radius 2 is 1.83 bits per heavy atom. The molecule has 0 aromatic rings. The molecule has 0 amide bonds. The minimum Gasteiger partial charge on any atom is -0.388 e. The fourth-order valence-corrected chi connectivity index (χ4v) is 3.53. The summed E-state index contributed by atoms with van der Waals surface area (Å²) in [7, 11) is 1.77. The van der Waals surface area contributed by atoms with Crippen molar-refractivity contribution in [2.75, 3.05) is 33.4 Å². The molecule has 0 bridgehead atoms. The van der Waals surface area contributed by atoms with E-state index < -0.39 is 5.60 Å². The molecule has 5 nitrogen and oxygen atoms in total. The third-order valence-electron chi connectivity index (χ3n) is 5.29. The average molecular weight is 439 g/mol. The van der Waals surface area contributed by atoms with Crippen LogP contribution in [0.1, 0.15) is 58.3 Å². The summed E-state index contributed by atoms with van der Waals surface area (Å²) in [6, 6.07) is 0. The van der Waals surface area contributed by atoms with E-state index in [1.807, 2.05) is 0 Å². The van der Waals surface area contributed by atoms with Crippen LogP contribution >= 0.6 is 24.0 Å². The van der Waals surface area contributed by atoms with E-state index in [9.17, 15) is 5.11 Å². The van der Waals surface area contributed by atoms with Crippen molar-refractivity contribution >= 4 is 29.9 Å². The number of methoxy groups -OCH3 is 1. The first-order valence-electron chi connectivity index (χ1n) is 8.85. The number of guanidine groups is 1. The molecule has 136 valence electrons. The molecule has 2 saturated carbocycles. The summed E-state index contributed by atoms with van der Waals surface area (Å²) in [6.07, 6.45) is 8.97. The molecule has 2 aliphatic carbocycles. The average Bonchev–Trinajstić information content (AvgIpc) is 2.90. The summed E-state index contributed by atoms with van der Waals surface area (Å²) < 4.78 is 5.24. The fourth-order valence-electron chi connectivity index (χ4n) is 3.53. The summed E-state index contributed by atoms with van der Waals surface area (Å²) in [5.74, 6) is 0.839. The molecule has 0 unspecified atom stereocenters. The zero-order valence-electron chi connectivity index (χ0n) is 14.7. The Morgan fingerprint density at radius 1 is 1.13 bits per heavy atom. The molecule has 2 fully saturated rings. The van der Waals surface area contributed by atoms with Crippen LogP contribution < -0.4 is 10.6 Å². The predicted molar refractivity (Wildman–Crippen MR) is 106 cm³/mol. The number of nitrogens with zero attached hydrogens (tertiary/aromatic N) is 1. The highest BCUT2D eigenvalue weighted by Crippen LogP contribution is 2.44. The van der Waals surface area contributed by atoms with Crippen LogP contribution in [-0.2, 0) is 4.74 Å². The number of aliphatic hydroxyl groups is 1. The number of aliphatic imine (C=N–C) groups is 1. The van der Waals surface area contributed by atoms with E-state index in [2.05, 4.69) is 17.6 Å². The van der Waals surface area contributed by atoms with E-state index in [4.69, 9.17) is 9.73 Å². The Morgan fingerprint density at radius 3 is 2.35 bits per heavy atom. The van der Waals surface area contributed by atoms with Gasteiger partial charge in [-0.25, -0.2) is 0 Å². The van der Waals surface area contributed by atoms with Gasteiger partial charge in [0.1, 0.15) is 0 Å². The lowest BCUT2D eigenvalue weighted by Gasteiger charge is -2.40. The highest BCUT2D eigenvalue weighted by molar-refractivity contribution is 14.0. The predicted octanol–water partition coefficient (Wildman–Crippen LogP) is 2.67. The summed E-state index contributed by atoms with van der Waals surface area (Å²) in [4.78, 5) is 4.78. The molecule has 0 saturated heterocycles. The number of rotatable bonds is 8. The number of nitrogens with one attached hydrogen (secondary N) is 2. The van der Waals surface area contributed by atoms with E-state index in [-0.39, 0.29) is 24.0 Å². The van der Waals surface area contributed by atoms with Crippen molar-refractivity contribution < 1.29 is 9.84 Å². The van der Waals surface area contributed by atoms with Crippen LogP contribution in [-0.4, -0.2) is 50.0 Å². The van der Waals surface area contributed by atoms with E-state index in [0.717, 1.165) is 57.8 Å². The molecular formula is C17H34IN3O2. The monoisotopic (exact) mass is 439 g/mol. The summed E-state index contributed by atoms with van der Waals surface area (Å²) >= 11 is 0. The maximum absolute atomic E-state index is 10.4. The number of hydrogen-bond donors (Lipinski definition) is 3. The van der Waals surface area contributed by atoms with Gasteiger partial charge in [-0.3, -0.25) is 4.99 Å². The first-order valence-corrected chi connectivity index (χ1v) is 8.85. The SMILES string of the molecule is CCNC(=NCC1(CCOC)CCC1)NCC1(O)CCCC1.I. The minimum atomic E-state index is -0.541. The summed E-state index contributed by atoms with van der Waals surface area (Å²) in [5.41, 5.74) is -0.205. The van der Waals surface area contributed by atoms with Gasteiger partial charge in [-0.2, -0.15) is 0 Å². The van der Waals surface area contributed by atoms with Gasteiger partial charge in [0.2, 0.25) is 0 Å². The molecule has 0 aromatic heterocycles. The quantitative estimate of drug-likeness (QED) is 0.309. The van der Waals surface area contributed by atoms with Crippen molar-refractivity contribution in [3.8, 4) is 0 Å². The second-order valence-corrected chi connectivity index (χ2v) is 7.08. The number of ether oxygens (including phenoxy) is 1. The lowest BCUT2D eigenvalue weighted by atomic mass is 9.67. The highest BCUT2D eigenvalue weighted by Gasteiger charge is 2.36. The summed E-state index contributed by atoms with van der Waals surface area (Å²) in [5, 5.41) is 17.1. The largest absolute Gasteiger partial charge is 0.388 e. The van der Waals surface area contributed by atoms with E-state index in [1.54, 1.807) is 7.11 Å². The van der Waals surface area contributed by atoms with Gasteiger partial charge in [0, 0.05) is 33.4 Å². The third kappa shape index (κ3) is 6.38. The first kappa shape index (κ1) is 21.0.